The van der Waals surface area contributed by atoms with E-state index in [2.05, 4.69) is 35.4 Å². The second kappa shape index (κ2) is 10.2. The molecule has 146 valence electrons. The first-order valence-corrected chi connectivity index (χ1v) is 10.9. The summed E-state index contributed by atoms with van der Waals surface area (Å²) in [6.07, 6.45) is 4.59. The Balaban J connectivity index is 1.70. The molecule has 1 atom stereocenters. The normalized spacial score (nSPS) is 12.1. The number of hydrogen-bond donors (Lipinski definition) is 1. The summed E-state index contributed by atoms with van der Waals surface area (Å²) in [5.41, 5.74) is 1.91. The van der Waals surface area contributed by atoms with Crippen molar-refractivity contribution in [2.75, 3.05) is 5.75 Å². The van der Waals surface area contributed by atoms with E-state index in [4.69, 9.17) is 0 Å². The van der Waals surface area contributed by atoms with E-state index in [0.717, 1.165) is 39.9 Å². The van der Waals surface area contributed by atoms with Gasteiger partial charge in [-0.25, -0.2) is 0 Å². The van der Waals surface area contributed by atoms with Gasteiger partial charge in [-0.15, -0.1) is 10.2 Å². The number of aromatic nitrogens is 2. The molecular weight excluding hydrogens is 366 g/mol. The van der Waals surface area contributed by atoms with Gasteiger partial charge in [-0.1, -0.05) is 92.5 Å². The molecule has 3 rings (SSSR count). The fourth-order valence-corrected chi connectivity index (χ4v) is 4.00. The van der Waals surface area contributed by atoms with Crippen molar-refractivity contribution in [3.8, 4) is 11.3 Å². The summed E-state index contributed by atoms with van der Waals surface area (Å²) in [5, 5.41) is 14.9. The number of thioether (sulfide) groups is 1. The zero-order valence-corrected chi connectivity index (χ0v) is 17.3. The third kappa shape index (κ3) is 5.32. The molecule has 0 radical (unpaired) electrons. The Kier molecular flexibility index (Phi) is 7.43. The maximum Gasteiger partial charge on any atom is 0.230 e. The Labute approximate surface area is 171 Å². The molecule has 4 nitrogen and oxygen atoms in total. The van der Waals surface area contributed by atoms with Crippen LogP contribution < -0.4 is 5.32 Å². The van der Waals surface area contributed by atoms with Gasteiger partial charge in [0.1, 0.15) is 10.7 Å². The van der Waals surface area contributed by atoms with E-state index in [1.54, 1.807) is 0 Å². The van der Waals surface area contributed by atoms with Crippen LogP contribution in [-0.2, 0) is 4.79 Å². The van der Waals surface area contributed by atoms with Crippen molar-refractivity contribution in [1.82, 2.24) is 15.5 Å². The van der Waals surface area contributed by atoms with Crippen molar-refractivity contribution in [1.29, 1.82) is 0 Å². The van der Waals surface area contributed by atoms with E-state index in [1.165, 1.54) is 24.6 Å². The molecule has 0 spiro atoms. The van der Waals surface area contributed by atoms with Crippen molar-refractivity contribution in [3.63, 3.8) is 0 Å². The first-order chi connectivity index (χ1) is 13.7. The number of carbonyl (C=O) groups is 1. The topological polar surface area (TPSA) is 54.9 Å². The predicted octanol–water partition coefficient (Wildman–Crippen LogP) is 5.47. The maximum atomic E-state index is 12.3. The molecule has 0 saturated heterocycles. The zero-order chi connectivity index (χ0) is 19.8. The molecule has 5 heteroatoms. The molecule has 1 aromatic heterocycles. The second-order valence-corrected chi connectivity index (χ2v) is 7.98. The van der Waals surface area contributed by atoms with Crippen LogP contribution in [0.4, 0.5) is 0 Å². The highest BCUT2D eigenvalue weighted by molar-refractivity contribution is 8.00. The van der Waals surface area contributed by atoms with Crippen LogP contribution >= 0.6 is 11.8 Å². The molecule has 0 unspecified atom stereocenters. The molecule has 0 bridgehead atoms. The van der Waals surface area contributed by atoms with E-state index in [1.807, 2.05) is 48.5 Å². The molecular formula is C23H27N3OS. The second-order valence-electron chi connectivity index (χ2n) is 7.02. The van der Waals surface area contributed by atoms with Crippen molar-refractivity contribution in [2.24, 2.45) is 0 Å². The van der Waals surface area contributed by atoms with Gasteiger partial charge in [-0.2, -0.15) is 0 Å². The number of hydrogen-bond acceptors (Lipinski definition) is 4. The summed E-state index contributed by atoms with van der Waals surface area (Å²) in [4.78, 5) is 12.3. The van der Waals surface area contributed by atoms with E-state index in [9.17, 15) is 4.79 Å². The predicted molar refractivity (Wildman–Crippen MR) is 117 cm³/mol. The highest BCUT2D eigenvalue weighted by atomic mass is 32.2. The van der Waals surface area contributed by atoms with Crippen molar-refractivity contribution < 1.29 is 4.79 Å². The lowest BCUT2D eigenvalue weighted by atomic mass is 10.1. The van der Waals surface area contributed by atoms with Crippen molar-refractivity contribution >= 4 is 28.4 Å². The first-order valence-electron chi connectivity index (χ1n) is 9.92. The van der Waals surface area contributed by atoms with E-state index in [-0.39, 0.29) is 11.9 Å². The molecule has 2 aromatic carbocycles. The molecule has 0 aliphatic heterocycles. The van der Waals surface area contributed by atoms with Gasteiger partial charge in [0, 0.05) is 22.4 Å². The number of fused-ring (bicyclic) bond motifs is 1. The van der Waals surface area contributed by atoms with Crippen LogP contribution in [0.5, 0.6) is 0 Å². The Morgan fingerprint density at radius 3 is 2.46 bits per heavy atom. The maximum absolute atomic E-state index is 12.3. The molecule has 0 saturated carbocycles. The van der Waals surface area contributed by atoms with Gasteiger partial charge < -0.3 is 5.32 Å². The standard InChI is InChI=1S/C23H27N3OS/c1-3-4-6-11-17(2)24-21(27)16-28-23-20-15-10-9-14-19(20)22(25-26-23)18-12-7-5-8-13-18/h5,7-10,12-15,17H,3-4,6,11,16H2,1-2H3,(H,24,27)/t17-/m0/s1. The summed E-state index contributed by atoms with van der Waals surface area (Å²) in [7, 11) is 0. The van der Waals surface area contributed by atoms with Gasteiger partial charge in [0.2, 0.25) is 5.91 Å². The van der Waals surface area contributed by atoms with Gasteiger partial charge >= 0.3 is 0 Å². The quantitative estimate of drug-likeness (QED) is 0.387. The molecule has 3 aromatic rings. The largest absolute Gasteiger partial charge is 0.353 e. The van der Waals surface area contributed by atoms with E-state index < -0.39 is 0 Å². The number of nitrogens with zero attached hydrogens (tertiary/aromatic N) is 2. The van der Waals surface area contributed by atoms with Gasteiger partial charge in [0.15, 0.2) is 0 Å². The minimum atomic E-state index is 0.0482. The SMILES string of the molecule is CCCCC[C@H](C)NC(=O)CSc1nnc(-c2ccccc2)c2ccccc12. The zero-order valence-electron chi connectivity index (χ0n) is 16.5. The molecule has 0 aliphatic rings. The number of benzene rings is 2. The summed E-state index contributed by atoms with van der Waals surface area (Å²) >= 11 is 1.45. The van der Waals surface area contributed by atoms with Crippen LogP contribution in [0.25, 0.3) is 22.0 Å². The smallest absolute Gasteiger partial charge is 0.230 e. The Hall–Kier alpha value is -2.40. The minimum Gasteiger partial charge on any atom is -0.353 e. The van der Waals surface area contributed by atoms with Crippen LogP contribution in [0.1, 0.15) is 39.5 Å². The van der Waals surface area contributed by atoms with E-state index in [0.29, 0.717) is 5.75 Å². The number of nitrogens with one attached hydrogen (secondary N) is 1. The highest BCUT2D eigenvalue weighted by Crippen LogP contribution is 2.31. The van der Waals surface area contributed by atoms with E-state index >= 15 is 0 Å². The summed E-state index contributed by atoms with van der Waals surface area (Å²) in [5.74, 6) is 0.397. The van der Waals surface area contributed by atoms with Gasteiger partial charge in [-0.05, 0) is 13.3 Å². The molecule has 0 fully saturated rings. The van der Waals surface area contributed by atoms with Gasteiger partial charge in [0.25, 0.3) is 0 Å². The molecule has 1 heterocycles. The van der Waals surface area contributed by atoms with Crippen LogP contribution in [0.2, 0.25) is 0 Å². The van der Waals surface area contributed by atoms with Gasteiger partial charge in [-0.3, -0.25) is 4.79 Å². The third-order valence-electron chi connectivity index (χ3n) is 4.69. The van der Waals surface area contributed by atoms with Crippen LogP contribution in [0.15, 0.2) is 59.6 Å². The van der Waals surface area contributed by atoms with Crippen LogP contribution in [-0.4, -0.2) is 27.9 Å². The third-order valence-corrected chi connectivity index (χ3v) is 5.67. The monoisotopic (exact) mass is 393 g/mol. The number of rotatable bonds is 9. The molecule has 1 N–H and O–H groups in total. The summed E-state index contributed by atoms with van der Waals surface area (Å²) in [6, 6.07) is 18.4. The molecule has 28 heavy (non-hydrogen) atoms. The number of carbonyl (C=O) groups excluding carboxylic acids is 1. The average Bonchev–Trinajstić information content (AvgIpc) is 2.72. The van der Waals surface area contributed by atoms with Crippen LogP contribution in [0.3, 0.4) is 0 Å². The Morgan fingerprint density at radius 1 is 1.00 bits per heavy atom. The lowest BCUT2D eigenvalue weighted by molar-refractivity contribution is -0.119. The number of unbranched alkanes of at least 4 members (excludes halogenated alkanes) is 2. The van der Waals surface area contributed by atoms with Gasteiger partial charge in [0.05, 0.1) is 5.75 Å². The van der Waals surface area contributed by atoms with Crippen molar-refractivity contribution in [3.05, 3.63) is 54.6 Å². The Bertz CT molecular complexity index is 914. The Morgan fingerprint density at radius 2 is 1.71 bits per heavy atom. The summed E-state index contributed by atoms with van der Waals surface area (Å²) < 4.78 is 0. The van der Waals surface area contributed by atoms with Crippen LogP contribution in [0, 0.1) is 0 Å². The van der Waals surface area contributed by atoms with Crippen molar-refractivity contribution in [2.45, 2.75) is 50.6 Å². The fourth-order valence-electron chi connectivity index (χ4n) is 3.22. The summed E-state index contributed by atoms with van der Waals surface area (Å²) in [6.45, 7) is 4.26. The first kappa shape index (κ1) is 20.3. The fraction of sp³-hybridized carbons (Fsp3) is 0.348. The lowest BCUT2D eigenvalue weighted by Gasteiger charge is -2.14. The molecule has 1 amide bonds. The minimum absolute atomic E-state index is 0.0482. The average molecular weight is 394 g/mol. The lowest BCUT2D eigenvalue weighted by Crippen LogP contribution is -2.33. The highest BCUT2D eigenvalue weighted by Gasteiger charge is 2.13. The number of amides is 1. The molecule has 0 aliphatic carbocycles.